The molecule has 1 aliphatic carbocycles. The van der Waals surface area contributed by atoms with Crippen LogP contribution in [-0.2, 0) is 0 Å². The Bertz CT molecular complexity index is 151. The van der Waals surface area contributed by atoms with Crippen LogP contribution in [0.1, 0.15) is 33.1 Å². The SMILES string of the molecule is C/C=C/[C@@H]1CC=C(C)CC1. The van der Waals surface area contributed by atoms with Gasteiger partial charge >= 0.3 is 0 Å². The highest BCUT2D eigenvalue weighted by atomic mass is 14.1. The van der Waals surface area contributed by atoms with E-state index in [0.29, 0.717) is 0 Å². The Kier molecular flexibility index (Phi) is 2.73. The zero-order chi connectivity index (χ0) is 7.40. The van der Waals surface area contributed by atoms with Gasteiger partial charge in [-0.05, 0) is 39.0 Å². The third-order valence-corrected chi connectivity index (χ3v) is 2.14. The van der Waals surface area contributed by atoms with E-state index in [1.807, 2.05) is 0 Å². The van der Waals surface area contributed by atoms with E-state index in [1.165, 1.54) is 19.3 Å². The molecule has 0 aromatic rings. The summed E-state index contributed by atoms with van der Waals surface area (Å²) in [6, 6.07) is 0. The average molecular weight is 136 g/mol. The lowest BCUT2D eigenvalue weighted by atomic mass is 9.90. The van der Waals surface area contributed by atoms with Crippen LogP contribution in [0.3, 0.4) is 0 Å². The van der Waals surface area contributed by atoms with E-state index in [1.54, 1.807) is 5.57 Å². The summed E-state index contributed by atoms with van der Waals surface area (Å²) >= 11 is 0. The standard InChI is InChI=1S/C10H16/c1-3-4-10-7-5-9(2)6-8-10/h3-5,10H,6-8H2,1-2H3/b4-3+/t10-/m1/s1. The highest BCUT2D eigenvalue weighted by Crippen LogP contribution is 2.23. The predicted octanol–water partition coefficient (Wildman–Crippen LogP) is 3.31. The molecule has 1 aliphatic rings. The quantitative estimate of drug-likeness (QED) is 0.485. The van der Waals surface area contributed by atoms with Crippen LogP contribution < -0.4 is 0 Å². The van der Waals surface area contributed by atoms with Gasteiger partial charge in [-0.2, -0.15) is 0 Å². The predicted molar refractivity (Wildman–Crippen MR) is 45.9 cm³/mol. The molecule has 0 aromatic carbocycles. The van der Waals surface area contributed by atoms with Gasteiger partial charge in [0.15, 0.2) is 0 Å². The molecule has 0 radical (unpaired) electrons. The molecule has 1 rings (SSSR count). The molecule has 0 aliphatic heterocycles. The highest BCUT2D eigenvalue weighted by Gasteiger charge is 2.07. The minimum absolute atomic E-state index is 0.827. The van der Waals surface area contributed by atoms with E-state index in [-0.39, 0.29) is 0 Å². The fourth-order valence-electron chi connectivity index (χ4n) is 1.43. The molecule has 10 heavy (non-hydrogen) atoms. The fraction of sp³-hybridized carbons (Fsp3) is 0.600. The monoisotopic (exact) mass is 136 g/mol. The number of allylic oxidation sites excluding steroid dienone is 4. The summed E-state index contributed by atoms with van der Waals surface area (Å²) < 4.78 is 0. The smallest absolute Gasteiger partial charge is 0.0196 e. The first-order valence-electron chi connectivity index (χ1n) is 4.11. The number of rotatable bonds is 1. The summed E-state index contributed by atoms with van der Waals surface area (Å²) in [5, 5.41) is 0. The van der Waals surface area contributed by atoms with Crippen molar-refractivity contribution in [2.45, 2.75) is 33.1 Å². The van der Waals surface area contributed by atoms with Crippen molar-refractivity contribution in [1.82, 2.24) is 0 Å². The van der Waals surface area contributed by atoms with Crippen molar-refractivity contribution in [2.24, 2.45) is 5.92 Å². The van der Waals surface area contributed by atoms with E-state index >= 15 is 0 Å². The van der Waals surface area contributed by atoms with Gasteiger partial charge in [0.05, 0.1) is 0 Å². The third kappa shape index (κ3) is 2.02. The Labute approximate surface area is 63.6 Å². The van der Waals surface area contributed by atoms with Crippen molar-refractivity contribution in [3.8, 4) is 0 Å². The van der Waals surface area contributed by atoms with Crippen LogP contribution in [0.25, 0.3) is 0 Å². The van der Waals surface area contributed by atoms with Crippen molar-refractivity contribution < 1.29 is 0 Å². The van der Waals surface area contributed by atoms with Crippen molar-refractivity contribution in [2.75, 3.05) is 0 Å². The molecule has 0 saturated heterocycles. The molecule has 0 heterocycles. The van der Waals surface area contributed by atoms with Gasteiger partial charge in [0, 0.05) is 0 Å². The molecule has 1 atom stereocenters. The lowest BCUT2D eigenvalue weighted by molar-refractivity contribution is 0.567. The molecule has 0 amide bonds. The van der Waals surface area contributed by atoms with Crippen LogP contribution in [0.2, 0.25) is 0 Å². The largest absolute Gasteiger partial charge is 0.0914 e. The van der Waals surface area contributed by atoms with Gasteiger partial charge < -0.3 is 0 Å². The zero-order valence-electron chi connectivity index (χ0n) is 6.93. The second kappa shape index (κ2) is 3.60. The van der Waals surface area contributed by atoms with Crippen LogP contribution in [-0.4, -0.2) is 0 Å². The number of hydrogen-bond donors (Lipinski definition) is 0. The van der Waals surface area contributed by atoms with E-state index in [2.05, 4.69) is 32.1 Å². The molecule has 0 aromatic heterocycles. The van der Waals surface area contributed by atoms with Gasteiger partial charge in [-0.1, -0.05) is 23.8 Å². The average Bonchev–Trinajstić information content (AvgIpc) is 1.95. The molecular weight excluding hydrogens is 120 g/mol. The summed E-state index contributed by atoms with van der Waals surface area (Å²) in [7, 11) is 0. The Balaban J connectivity index is 2.42. The first-order chi connectivity index (χ1) is 4.83. The Morgan fingerprint density at radius 2 is 2.40 bits per heavy atom. The van der Waals surface area contributed by atoms with E-state index in [4.69, 9.17) is 0 Å². The Morgan fingerprint density at radius 3 is 2.90 bits per heavy atom. The molecule has 0 bridgehead atoms. The Morgan fingerprint density at radius 1 is 1.60 bits per heavy atom. The van der Waals surface area contributed by atoms with Crippen LogP contribution in [0.4, 0.5) is 0 Å². The van der Waals surface area contributed by atoms with Crippen LogP contribution >= 0.6 is 0 Å². The lowest BCUT2D eigenvalue weighted by Gasteiger charge is -2.16. The normalized spacial score (nSPS) is 27.0. The molecule has 0 spiro atoms. The summed E-state index contributed by atoms with van der Waals surface area (Å²) in [5.74, 6) is 0.827. The van der Waals surface area contributed by atoms with E-state index in [9.17, 15) is 0 Å². The van der Waals surface area contributed by atoms with Crippen molar-refractivity contribution in [1.29, 1.82) is 0 Å². The van der Waals surface area contributed by atoms with Crippen LogP contribution in [0.5, 0.6) is 0 Å². The lowest BCUT2D eigenvalue weighted by Crippen LogP contribution is -2.00. The second-order valence-corrected chi connectivity index (χ2v) is 3.11. The molecule has 0 unspecified atom stereocenters. The van der Waals surface area contributed by atoms with Gasteiger partial charge in [0.1, 0.15) is 0 Å². The van der Waals surface area contributed by atoms with Crippen LogP contribution in [0.15, 0.2) is 23.8 Å². The summed E-state index contributed by atoms with van der Waals surface area (Å²) in [6.45, 7) is 4.33. The maximum Gasteiger partial charge on any atom is -0.0196 e. The summed E-state index contributed by atoms with van der Waals surface area (Å²) in [5.41, 5.74) is 1.57. The molecule has 56 valence electrons. The van der Waals surface area contributed by atoms with Gasteiger partial charge in [-0.15, -0.1) is 0 Å². The molecule has 0 heteroatoms. The Hall–Kier alpha value is -0.520. The maximum atomic E-state index is 2.37. The molecular formula is C10H16. The summed E-state index contributed by atoms with van der Waals surface area (Å²) in [4.78, 5) is 0. The summed E-state index contributed by atoms with van der Waals surface area (Å²) in [6.07, 6.45) is 10.8. The second-order valence-electron chi connectivity index (χ2n) is 3.11. The molecule has 0 saturated carbocycles. The number of hydrogen-bond acceptors (Lipinski definition) is 0. The van der Waals surface area contributed by atoms with Gasteiger partial charge in [0.25, 0.3) is 0 Å². The topological polar surface area (TPSA) is 0 Å². The third-order valence-electron chi connectivity index (χ3n) is 2.14. The highest BCUT2D eigenvalue weighted by molar-refractivity contribution is 5.06. The van der Waals surface area contributed by atoms with Gasteiger partial charge in [0.2, 0.25) is 0 Å². The fourth-order valence-corrected chi connectivity index (χ4v) is 1.43. The van der Waals surface area contributed by atoms with Crippen molar-refractivity contribution in [3.05, 3.63) is 23.8 Å². The van der Waals surface area contributed by atoms with E-state index in [0.717, 1.165) is 5.92 Å². The van der Waals surface area contributed by atoms with Crippen molar-refractivity contribution >= 4 is 0 Å². The van der Waals surface area contributed by atoms with Gasteiger partial charge in [-0.3, -0.25) is 0 Å². The first kappa shape index (κ1) is 7.59. The zero-order valence-corrected chi connectivity index (χ0v) is 6.93. The minimum atomic E-state index is 0.827. The van der Waals surface area contributed by atoms with Crippen LogP contribution in [0, 0.1) is 5.92 Å². The molecule has 0 nitrogen and oxygen atoms in total. The molecule has 0 N–H and O–H groups in total. The van der Waals surface area contributed by atoms with E-state index < -0.39 is 0 Å². The minimum Gasteiger partial charge on any atom is -0.0914 e. The maximum absolute atomic E-state index is 2.37. The first-order valence-corrected chi connectivity index (χ1v) is 4.11. The molecule has 0 fully saturated rings. The van der Waals surface area contributed by atoms with Gasteiger partial charge in [-0.25, -0.2) is 0 Å². The van der Waals surface area contributed by atoms with Crippen molar-refractivity contribution in [3.63, 3.8) is 0 Å².